The number of para-hydroxylation sites is 2. The van der Waals surface area contributed by atoms with Crippen LogP contribution in [0.2, 0.25) is 0 Å². The summed E-state index contributed by atoms with van der Waals surface area (Å²) in [5.74, 6) is 0.124. The SMILES string of the molecule is CCCCCCCCCCCCCCCCN=Cc1ccccc1[O-].CCCCCCCCCCCCCCCCN=Cc1ccccc1[O-].[Ni+2]. The molecule has 0 spiro atoms. The van der Waals surface area contributed by atoms with Gasteiger partial charge in [-0.15, -0.1) is 11.5 Å². The molecule has 0 saturated carbocycles. The number of hydrogen-bond donors (Lipinski definition) is 0. The molecule has 0 saturated heterocycles. The summed E-state index contributed by atoms with van der Waals surface area (Å²) in [6.45, 7) is 6.24. The third-order valence-corrected chi connectivity index (χ3v) is 9.58. The Morgan fingerprint density at radius 2 is 0.608 bits per heavy atom. The number of rotatable bonds is 32. The Morgan fingerprint density at radius 1 is 0.373 bits per heavy atom. The van der Waals surface area contributed by atoms with Gasteiger partial charge >= 0.3 is 16.5 Å². The minimum absolute atomic E-state index is 0. The third-order valence-electron chi connectivity index (χ3n) is 9.58. The Hall–Kier alpha value is -2.13. The van der Waals surface area contributed by atoms with Gasteiger partial charge in [0, 0.05) is 25.5 Å². The summed E-state index contributed by atoms with van der Waals surface area (Å²) in [5, 5.41) is 23.0. The van der Waals surface area contributed by atoms with E-state index in [4.69, 9.17) is 0 Å². The first kappa shape index (κ1) is 48.9. The molecule has 0 aromatic heterocycles. The molecule has 2 aromatic rings. The molecule has 0 radical (unpaired) electrons. The van der Waals surface area contributed by atoms with Crippen LogP contribution in [0.5, 0.6) is 11.5 Å². The van der Waals surface area contributed by atoms with Gasteiger partial charge in [-0.1, -0.05) is 229 Å². The minimum Gasteiger partial charge on any atom is -0.872 e. The summed E-state index contributed by atoms with van der Waals surface area (Å²) >= 11 is 0. The zero-order chi connectivity index (χ0) is 36.0. The standard InChI is InChI=1S/2C23H39NO.Ni/c2*1-2-3-4-5-6-7-8-9-10-11-12-13-14-17-20-24-21-22-18-15-16-19-23(22)25;/h2*15-16,18-19,21,25H,2-14,17,20H2,1H3;/q;;+2/p-2. The van der Waals surface area contributed by atoms with Gasteiger partial charge in [-0.3, -0.25) is 9.98 Å². The van der Waals surface area contributed by atoms with E-state index in [0.29, 0.717) is 11.1 Å². The van der Waals surface area contributed by atoms with Crippen LogP contribution >= 0.6 is 0 Å². The van der Waals surface area contributed by atoms with E-state index in [1.807, 2.05) is 24.3 Å². The van der Waals surface area contributed by atoms with Crippen molar-refractivity contribution in [1.82, 2.24) is 0 Å². The van der Waals surface area contributed by atoms with Crippen LogP contribution in [0, 0.1) is 0 Å². The Kier molecular flexibility index (Phi) is 37.5. The van der Waals surface area contributed by atoms with Crippen LogP contribution in [0.1, 0.15) is 205 Å². The fourth-order valence-electron chi connectivity index (χ4n) is 6.30. The topological polar surface area (TPSA) is 70.8 Å². The summed E-state index contributed by atoms with van der Waals surface area (Å²) in [5.41, 5.74) is 1.40. The molecular weight excluding hydrogens is 671 g/mol. The van der Waals surface area contributed by atoms with E-state index in [9.17, 15) is 10.2 Å². The largest absolute Gasteiger partial charge is 2.00 e. The molecule has 0 atom stereocenters. The normalized spacial score (nSPS) is 11.2. The summed E-state index contributed by atoms with van der Waals surface area (Å²) in [7, 11) is 0. The number of benzene rings is 2. The van der Waals surface area contributed by atoms with Crippen molar-refractivity contribution in [3.63, 3.8) is 0 Å². The Bertz CT molecular complexity index is 974. The molecular formula is C46H76N2NiO2. The van der Waals surface area contributed by atoms with Crippen molar-refractivity contribution in [1.29, 1.82) is 0 Å². The second-order valence-corrected chi connectivity index (χ2v) is 14.3. The molecule has 0 bridgehead atoms. The molecule has 292 valence electrons. The van der Waals surface area contributed by atoms with Crippen LogP contribution in [-0.2, 0) is 16.5 Å². The second kappa shape index (κ2) is 39.1. The van der Waals surface area contributed by atoms with Gasteiger partial charge in [0.15, 0.2) is 0 Å². The maximum absolute atomic E-state index is 11.5. The fourth-order valence-corrected chi connectivity index (χ4v) is 6.30. The molecule has 4 nitrogen and oxygen atoms in total. The van der Waals surface area contributed by atoms with Crippen molar-refractivity contribution in [2.45, 2.75) is 194 Å². The quantitative estimate of drug-likeness (QED) is 0.0425. The average Bonchev–Trinajstić information content (AvgIpc) is 3.13. The number of hydrogen-bond acceptors (Lipinski definition) is 4. The monoisotopic (exact) mass is 747 g/mol. The van der Waals surface area contributed by atoms with Gasteiger partial charge in [-0.05, 0) is 24.0 Å². The zero-order valence-corrected chi connectivity index (χ0v) is 34.0. The van der Waals surface area contributed by atoms with Crippen LogP contribution in [0.25, 0.3) is 0 Å². The van der Waals surface area contributed by atoms with Crippen LogP contribution in [0.4, 0.5) is 0 Å². The molecule has 0 N–H and O–H groups in total. The molecule has 0 aliphatic carbocycles. The minimum atomic E-state index is 0. The zero-order valence-electron chi connectivity index (χ0n) is 33.0. The van der Waals surface area contributed by atoms with Gasteiger partial charge in [0.1, 0.15) is 0 Å². The first-order chi connectivity index (χ1) is 24.7. The van der Waals surface area contributed by atoms with Crippen molar-refractivity contribution in [2.75, 3.05) is 13.1 Å². The molecule has 0 aliphatic heterocycles. The molecule has 51 heavy (non-hydrogen) atoms. The van der Waals surface area contributed by atoms with Crippen LogP contribution < -0.4 is 10.2 Å². The Morgan fingerprint density at radius 3 is 0.863 bits per heavy atom. The predicted octanol–water partition coefficient (Wildman–Crippen LogP) is 13.3. The molecule has 0 amide bonds. The molecule has 0 heterocycles. The van der Waals surface area contributed by atoms with Gasteiger partial charge in [0.2, 0.25) is 0 Å². The van der Waals surface area contributed by atoms with Gasteiger partial charge in [-0.25, -0.2) is 0 Å². The van der Waals surface area contributed by atoms with E-state index in [0.717, 1.165) is 25.9 Å². The summed E-state index contributed by atoms with van der Waals surface area (Å²) in [6.07, 6.45) is 42.0. The summed E-state index contributed by atoms with van der Waals surface area (Å²) in [6, 6.07) is 14.2. The maximum atomic E-state index is 11.5. The second-order valence-electron chi connectivity index (χ2n) is 14.3. The molecule has 2 rings (SSSR count). The molecule has 0 aliphatic rings. The van der Waals surface area contributed by atoms with Crippen LogP contribution in [-0.4, -0.2) is 25.5 Å². The number of aliphatic imine (C=N–C) groups is 2. The van der Waals surface area contributed by atoms with Crippen molar-refractivity contribution < 1.29 is 26.7 Å². The van der Waals surface area contributed by atoms with Crippen LogP contribution in [0.15, 0.2) is 58.5 Å². The Balaban J connectivity index is 0.000000962. The maximum Gasteiger partial charge on any atom is 2.00 e. The van der Waals surface area contributed by atoms with Gasteiger partial charge < -0.3 is 10.2 Å². The molecule has 0 unspecified atom stereocenters. The third kappa shape index (κ3) is 32.3. The number of unbranched alkanes of at least 4 members (excludes halogenated alkanes) is 26. The van der Waals surface area contributed by atoms with Gasteiger partial charge in [0.05, 0.1) is 0 Å². The Labute approximate surface area is 325 Å². The summed E-state index contributed by atoms with van der Waals surface area (Å²) in [4.78, 5) is 8.74. The van der Waals surface area contributed by atoms with E-state index < -0.39 is 0 Å². The predicted molar refractivity (Wildman–Crippen MR) is 217 cm³/mol. The summed E-state index contributed by atoms with van der Waals surface area (Å²) < 4.78 is 0. The van der Waals surface area contributed by atoms with Crippen molar-refractivity contribution >= 4 is 12.4 Å². The van der Waals surface area contributed by atoms with E-state index in [2.05, 4.69) is 23.8 Å². The first-order valence-electron chi connectivity index (χ1n) is 21.2. The molecule has 5 heteroatoms. The molecule has 2 aromatic carbocycles. The smallest absolute Gasteiger partial charge is 0.872 e. The van der Waals surface area contributed by atoms with Crippen molar-refractivity contribution in [3.05, 3.63) is 59.7 Å². The number of nitrogens with zero attached hydrogens (tertiary/aromatic N) is 2. The van der Waals surface area contributed by atoms with E-state index >= 15 is 0 Å². The molecule has 0 fully saturated rings. The van der Waals surface area contributed by atoms with E-state index in [1.54, 1.807) is 36.7 Å². The van der Waals surface area contributed by atoms with E-state index in [1.165, 1.54) is 167 Å². The van der Waals surface area contributed by atoms with Crippen molar-refractivity contribution in [2.24, 2.45) is 9.98 Å². The van der Waals surface area contributed by atoms with Gasteiger partial charge in [0.25, 0.3) is 0 Å². The van der Waals surface area contributed by atoms with E-state index in [-0.39, 0.29) is 28.0 Å². The first-order valence-corrected chi connectivity index (χ1v) is 21.2. The fraction of sp³-hybridized carbons (Fsp3) is 0.696. The van der Waals surface area contributed by atoms with Crippen molar-refractivity contribution in [3.8, 4) is 11.5 Å². The average molecular weight is 748 g/mol. The van der Waals surface area contributed by atoms with Gasteiger partial charge in [-0.2, -0.15) is 0 Å². The van der Waals surface area contributed by atoms with Crippen LogP contribution in [0.3, 0.4) is 0 Å².